The molecule has 0 aliphatic heterocycles. The monoisotopic (exact) mass is 537 g/mol. The Balaban J connectivity index is 2.62. The highest BCUT2D eigenvalue weighted by atomic mass is 16.6. The molecule has 2 rings (SSSR count). The lowest BCUT2D eigenvalue weighted by molar-refractivity contribution is -0.149. The molecule has 2 N–H and O–H groups in total. The first-order valence-electron chi connectivity index (χ1n) is 13.7. The van der Waals surface area contributed by atoms with Crippen LogP contribution in [0.4, 0.5) is 4.79 Å². The molecule has 0 saturated heterocycles. The standard InChI is InChI=1S/C32H47N3O4/c1-11-22-17-19-24(20-18-22)26(27(36)34-30(2,3)4)35(31(5,6)7)28(37)25(21-23-15-13-12-14-16-23)33-29(38)39-32(8,9)10/h12-20,25-26H,11,21H2,1-10H3,(H,33,38)(H,34,36). The van der Waals surface area contributed by atoms with Gasteiger partial charge in [0.2, 0.25) is 11.8 Å². The van der Waals surface area contributed by atoms with Crippen LogP contribution in [0.25, 0.3) is 0 Å². The summed E-state index contributed by atoms with van der Waals surface area (Å²) in [6.07, 6.45) is 0.419. The molecule has 0 aliphatic rings. The van der Waals surface area contributed by atoms with E-state index >= 15 is 0 Å². The maximum absolute atomic E-state index is 14.5. The molecule has 2 unspecified atom stereocenters. The van der Waals surface area contributed by atoms with E-state index in [9.17, 15) is 14.4 Å². The van der Waals surface area contributed by atoms with Gasteiger partial charge in [-0.2, -0.15) is 0 Å². The molecule has 39 heavy (non-hydrogen) atoms. The minimum atomic E-state index is -0.957. The number of carbonyl (C=O) groups excluding carboxylic acids is 3. The molecule has 7 nitrogen and oxygen atoms in total. The van der Waals surface area contributed by atoms with Crippen molar-refractivity contribution in [3.8, 4) is 0 Å². The summed E-state index contributed by atoms with van der Waals surface area (Å²) in [7, 11) is 0. The third-order valence-electron chi connectivity index (χ3n) is 5.94. The number of hydrogen-bond acceptors (Lipinski definition) is 4. The molecule has 0 aliphatic carbocycles. The van der Waals surface area contributed by atoms with E-state index in [1.165, 1.54) is 0 Å². The molecule has 0 aromatic heterocycles. The van der Waals surface area contributed by atoms with Crippen LogP contribution in [0.5, 0.6) is 0 Å². The summed E-state index contributed by atoms with van der Waals surface area (Å²) in [5.74, 6) is -0.656. The van der Waals surface area contributed by atoms with E-state index in [0.717, 1.165) is 17.5 Å². The van der Waals surface area contributed by atoms with Crippen molar-refractivity contribution in [1.82, 2.24) is 15.5 Å². The molecule has 0 bridgehead atoms. The summed E-state index contributed by atoms with van der Waals surface area (Å²) in [5, 5.41) is 5.87. The number of nitrogens with one attached hydrogen (secondary N) is 2. The van der Waals surface area contributed by atoms with E-state index < -0.39 is 34.9 Å². The number of rotatable bonds is 8. The van der Waals surface area contributed by atoms with Gasteiger partial charge in [-0.3, -0.25) is 9.59 Å². The summed E-state index contributed by atoms with van der Waals surface area (Å²) in [5.41, 5.74) is 0.714. The Kier molecular flexibility index (Phi) is 10.4. The fraction of sp³-hybridized carbons (Fsp3) is 0.531. The van der Waals surface area contributed by atoms with Gasteiger partial charge in [-0.05, 0) is 85.4 Å². The highest BCUT2D eigenvalue weighted by Gasteiger charge is 2.42. The minimum Gasteiger partial charge on any atom is -0.444 e. The second kappa shape index (κ2) is 12.7. The lowest BCUT2D eigenvalue weighted by atomic mass is 9.93. The van der Waals surface area contributed by atoms with Crippen LogP contribution in [-0.2, 0) is 27.2 Å². The van der Waals surface area contributed by atoms with Crippen molar-refractivity contribution in [2.75, 3.05) is 0 Å². The first kappa shape index (κ1) is 31.9. The van der Waals surface area contributed by atoms with Gasteiger partial charge in [0, 0.05) is 17.5 Å². The number of amides is 3. The van der Waals surface area contributed by atoms with Gasteiger partial charge in [0.05, 0.1) is 0 Å². The lowest BCUT2D eigenvalue weighted by Gasteiger charge is -2.43. The SMILES string of the molecule is CCc1ccc(C(C(=O)NC(C)(C)C)N(C(=O)C(Cc2ccccc2)NC(=O)OC(C)(C)C)C(C)(C)C)cc1. The van der Waals surface area contributed by atoms with Crippen LogP contribution in [-0.4, -0.2) is 45.5 Å². The first-order valence-corrected chi connectivity index (χ1v) is 13.7. The van der Waals surface area contributed by atoms with Gasteiger partial charge in [0.25, 0.3) is 0 Å². The van der Waals surface area contributed by atoms with Crippen molar-refractivity contribution >= 4 is 17.9 Å². The van der Waals surface area contributed by atoms with Crippen molar-refractivity contribution in [3.63, 3.8) is 0 Å². The van der Waals surface area contributed by atoms with Crippen LogP contribution >= 0.6 is 0 Å². The van der Waals surface area contributed by atoms with Crippen LogP contribution < -0.4 is 10.6 Å². The molecular weight excluding hydrogens is 490 g/mol. The molecule has 0 fully saturated rings. The molecule has 7 heteroatoms. The average Bonchev–Trinajstić information content (AvgIpc) is 2.79. The Labute approximate surface area is 234 Å². The van der Waals surface area contributed by atoms with Crippen LogP contribution in [0.3, 0.4) is 0 Å². The molecule has 0 spiro atoms. The number of hydrogen-bond donors (Lipinski definition) is 2. The predicted octanol–water partition coefficient (Wildman–Crippen LogP) is 5.97. The van der Waals surface area contributed by atoms with Crippen molar-refractivity contribution in [1.29, 1.82) is 0 Å². The third-order valence-corrected chi connectivity index (χ3v) is 5.94. The van der Waals surface area contributed by atoms with Crippen molar-refractivity contribution in [3.05, 3.63) is 71.3 Å². The Hall–Kier alpha value is -3.35. The Bertz CT molecular complexity index is 1110. The summed E-state index contributed by atoms with van der Waals surface area (Å²) in [6.45, 7) is 18.8. The molecule has 0 saturated carbocycles. The number of aryl methyl sites for hydroxylation is 1. The van der Waals surface area contributed by atoms with Crippen LogP contribution in [0, 0.1) is 0 Å². The van der Waals surface area contributed by atoms with E-state index in [4.69, 9.17) is 4.74 Å². The van der Waals surface area contributed by atoms with E-state index in [1.54, 1.807) is 25.7 Å². The molecular formula is C32H47N3O4. The topological polar surface area (TPSA) is 87.7 Å². The predicted molar refractivity (Wildman–Crippen MR) is 156 cm³/mol. The van der Waals surface area contributed by atoms with Crippen LogP contribution in [0.2, 0.25) is 0 Å². The Morgan fingerprint density at radius 2 is 1.38 bits per heavy atom. The van der Waals surface area contributed by atoms with Gasteiger partial charge in [-0.1, -0.05) is 61.5 Å². The van der Waals surface area contributed by atoms with Gasteiger partial charge in [-0.25, -0.2) is 4.79 Å². The van der Waals surface area contributed by atoms with E-state index in [0.29, 0.717) is 5.56 Å². The number of ether oxygens (including phenoxy) is 1. The number of nitrogens with zero attached hydrogens (tertiary/aromatic N) is 1. The van der Waals surface area contributed by atoms with Gasteiger partial charge < -0.3 is 20.3 Å². The minimum absolute atomic E-state index is 0.244. The third kappa shape index (κ3) is 10.0. The summed E-state index contributed by atoms with van der Waals surface area (Å²) in [4.78, 5) is 42.8. The first-order chi connectivity index (χ1) is 17.9. The Morgan fingerprint density at radius 1 is 0.821 bits per heavy atom. The maximum Gasteiger partial charge on any atom is 0.408 e. The second-order valence-electron chi connectivity index (χ2n) is 13.0. The van der Waals surface area contributed by atoms with Crippen LogP contribution in [0.15, 0.2) is 54.6 Å². The van der Waals surface area contributed by atoms with Gasteiger partial charge in [0.1, 0.15) is 17.7 Å². The zero-order valence-electron chi connectivity index (χ0n) is 25.3. The van der Waals surface area contributed by atoms with Crippen LogP contribution in [0.1, 0.15) is 92.0 Å². The fourth-order valence-corrected chi connectivity index (χ4v) is 4.30. The summed E-state index contributed by atoms with van der Waals surface area (Å²) < 4.78 is 5.51. The van der Waals surface area contributed by atoms with Crippen molar-refractivity contribution < 1.29 is 19.1 Å². The molecule has 2 aromatic rings. The largest absolute Gasteiger partial charge is 0.444 e. The van der Waals surface area contributed by atoms with Gasteiger partial charge in [0.15, 0.2) is 0 Å². The molecule has 3 amide bonds. The molecule has 0 heterocycles. The van der Waals surface area contributed by atoms with Crippen molar-refractivity contribution in [2.45, 2.75) is 111 Å². The Morgan fingerprint density at radius 3 is 1.85 bits per heavy atom. The van der Waals surface area contributed by atoms with E-state index in [-0.39, 0.29) is 18.2 Å². The number of carbonyl (C=O) groups is 3. The normalized spacial score (nSPS) is 13.7. The quantitative estimate of drug-likeness (QED) is 0.434. The molecule has 214 valence electrons. The highest BCUT2D eigenvalue weighted by Crippen LogP contribution is 2.31. The van der Waals surface area contributed by atoms with Gasteiger partial charge >= 0.3 is 6.09 Å². The maximum atomic E-state index is 14.5. The van der Waals surface area contributed by atoms with Gasteiger partial charge in [-0.15, -0.1) is 0 Å². The molecule has 0 radical (unpaired) electrons. The highest BCUT2D eigenvalue weighted by molar-refractivity contribution is 5.93. The fourth-order valence-electron chi connectivity index (χ4n) is 4.30. The number of benzene rings is 2. The summed E-state index contributed by atoms with van der Waals surface area (Å²) in [6, 6.07) is 15.4. The van der Waals surface area contributed by atoms with E-state index in [2.05, 4.69) is 17.6 Å². The van der Waals surface area contributed by atoms with E-state index in [1.807, 2.05) is 96.1 Å². The lowest BCUT2D eigenvalue weighted by Crippen LogP contribution is -2.60. The van der Waals surface area contributed by atoms with Crippen molar-refractivity contribution in [2.24, 2.45) is 0 Å². The summed E-state index contributed by atoms with van der Waals surface area (Å²) >= 11 is 0. The smallest absolute Gasteiger partial charge is 0.408 e. The number of alkyl carbamates (subject to hydrolysis) is 1. The zero-order chi connectivity index (χ0) is 29.6. The molecule has 2 atom stereocenters. The zero-order valence-corrected chi connectivity index (χ0v) is 25.3. The molecule has 2 aromatic carbocycles. The average molecular weight is 538 g/mol. The second-order valence-corrected chi connectivity index (χ2v) is 13.0.